The van der Waals surface area contributed by atoms with Crippen molar-refractivity contribution in [3.8, 4) is 0 Å². The average Bonchev–Trinajstić information content (AvgIpc) is 2.82. The molecule has 0 unspecified atom stereocenters. The van der Waals surface area contributed by atoms with Gasteiger partial charge in [-0.1, -0.05) is 24.3 Å². The van der Waals surface area contributed by atoms with Crippen LogP contribution in [0.3, 0.4) is 0 Å². The minimum atomic E-state index is -2.92. The molecule has 0 amide bonds. The summed E-state index contributed by atoms with van der Waals surface area (Å²) in [6.45, 7) is 1.65. The number of allylic oxidation sites excluding steroid dienone is 1. The lowest BCUT2D eigenvalue weighted by Crippen LogP contribution is -2.27. The predicted molar refractivity (Wildman–Crippen MR) is 130 cm³/mol. The lowest BCUT2D eigenvalue weighted by atomic mass is 10.0. The Bertz CT molecular complexity index is 1400. The Morgan fingerprint density at radius 1 is 1.26 bits per heavy atom. The van der Waals surface area contributed by atoms with Gasteiger partial charge in [-0.15, -0.1) is 10.1 Å². The fourth-order valence-corrected chi connectivity index (χ4v) is 5.80. The highest BCUT2D eigenvalue weighted by Gasteiger charge is 2.22. The Morgan fingerprint density at radius 3 is 2.65 bits per heavy atom. The van der Waals surface area contributed by atoms with Crippen LogP contribution < -0.4 is 10.9 Å². The number of halogens is 3. The summed E-state index contributed by atoms with van der Waals surface area (Å²) in [5.41, 5.74) is 0.849. The third kappa shape index (κ3) is 4.37. The number of aryl methyl sites for hydroxylation is 1. The maximum atomic E-state index is 14.7. The number of nitrogens with zero attached hydrogens (tertiary/aromatic N) is 4. The summed E-state index contributed by atoms with van der Waals surface area (Å²) in [6.07, 6.45) is 0.738. The molecular weight excluding hydrogens is 467 g/mol. The molecule has 2 aromatic heterocycles. The number of nitrogens with one attached hydrogen (secondary N) is 1. The molecule has 0 aliphatic carbocycles. The molecular formula is C23H26F3N5O2S. The van der Waals surface area contributed by atoms with Crippen LogP contribution in [0.5, 0.6) is 0 Å². The zero-order chi connectivity index (χ0) is 24.6. The van der Waals surface area contributed by atoms with Crippen LogP contribution >= 0.6 is 0 Å². The number of rotatable bonds is 5. The number of thiol groups is 1. The zero-order valence-electron chi connectivity index (χ0n) is 19.0. The molecule has 182 valence electrons. The Balaban J connectivity index is 1.77. The summed E-state index contributed by atoms with van der Waals surface area (Å²) in [7, 11) is 0.873. The second-order valence-corrected chi connectivity index (χ2v) is 11.2. The number of alkyl halides is 2. The summed E-state index contributed by atoms with van der Waals surface area (Å²) in [5.74, 6) is 0.297. The van der Waals surface area contributed by atoms with Crippen molar-refractivity contribution in [2.45, 2.75) is 25.8 Å². The third-order valence-electron chi connectivity index (χ3n) is 6.21. The molecule has 0 saturated carbocycles. The van der Waals surface area contributed by atoms with E-state index in [4.69, 9.17) is 0 Å². The lowest BCUT2D eigenvalue weighted by molar-refractivity contribution is 0.146. The molecule has 3 aromatic rings. The van der Waals surface area contributed by atoms with E-state index >= 15 is 0 Å². The van der Waals surface area contributed by atoms with E-state index < -0.39 is 34.0 Å². The quantitative estimate of drug-likeness (QED) is 0.454. The largest absolute Gasteiger partial charge is 0.363 e. The molecule has 11 heteroatoms. The van der Waals surface area contributed by atoms with Gasteiger partial charge in [-0.05, 0) is 25.0 Å². The standard InChI is InChI=1S/C23H26F3N5O2S/c1-13(15-5-4-6-16(19(15)24)20(25)26)30-21-18-11-17(14-7-9-34(33,27-2)10-8-14)23(32)31(3)22(18)29-12-28-21/h4-7,11-13,20,34H,8-10H2,1-3H3,(H,27,33)(H,28,29,30)/t13-/m1/s1. The van der Waals surface area contributed by atoms with Crippen LogP contribution in [0.2, 0.25) is 0 Å². The first kappa shape index (κ1) is 24.1. The van der Waals surface area contributed by atoms with Gasteiger partial charge in [-0.3, -0.25) is 13.7 Å². The second kappa shape index (κ2) is 9.30. The molecule has 1 aromatic carbocycles. The third-order valence-corrected chi connectivity index (χ3v) is 8.66. The maximum Gasteiger partial charge on any atom is 0.266 e. The number of anilines is 1. The van der Waals surface area contributed by atoms with Crippen molar-refractivity contribution >= 4 is 32.5 Å². The Labute approximate surface area is 195 Å². The van der Waals surface area contributed by atoms with Gasteiger partial charge in [0.15, 0.2) is 0 Å². The summed E-state index contributed by atoms with van der Waals surface area (Å²) >= 11 is 0. The van der Waals surface area contributed by atoms with Crippen molar-refractivity contribution < 1.29 is 17.7 Å². The topological polar surface area (TPSA) is 92.4 Å². The fourth-order valence-electron chi connectivity index (χ4n) is 4.14. The van der Waals surface area contributed by atoms with Crippen LogP contribution in [0.15, 0.2) is 45.8 Å². The van der Waals surface area contributed by atoms with E-state index in [1.807, 2.05) is 6.08 Å². The second-order valence-electron chi connectivity index (χ2n) is 8.26. The molecule has 2 N–H and O–H groups in total. The van der Waals surface area contributed by atoms with Crippen LogP contribution in [0.4, 0.5) is 19.0 Å². The molecule has 0 spiro atoms. The van der Waals surface area contributed by atoms with Crippen molar-refractivity contribution in [1.82, 2.24) is 14.5 Å². The normalized spacial score (nSPS) is 17.4. The highest BCUT2D eigenvalue weighted by atomic mass is 32.3. The minimum Gasteiger partial charge on any atom is -0.363 e. The number of hydrogen-bond donors (Lipinski definition) is 3. The van der Waals surface area contributed by atoms with Crippen LogP contribution in [0.25, 0.3) is 16.6 Å². The summed E-state index contributed by atoms with van der Waals surface area (Å²) in [6, 6.07) is 4.90. The highest BCUT2D eigenvalue weighted by molar-refractivity contribution is 8.00. The summed E-state index contributed by atoms with van der Waals surface area (Å²) in [4.78, 5) is 21.6. The first-order chi connectivity index (χ1) is 16.1. The first-order valence-corrected chi connectivity index (χ1v) is 12.8. The number of aromatic nitrogens is 3. The van der Waals surface area contributed by atoms with Crippen molar-refractivity contribution in [1.29, 1.82) is 0 Å². The molecule has 0 saturated heterocycles. The van der Waals surface area contributed by atoms with Crippen molar-refractivity contribution in [2.75, 3.05) is 23.9 Å². The lowest BCUT2D eigenvalue weighted by Gasteiger charge is -2.27. The van der Waals surface area contributed by atoms with E-state index in [1.165, 1.54) is 23.0 Å². The fraction of sp³-hybridized carbons (Fsp3) is 0.348. The van der Waals surface area contributed by atoms with Gasteiger partial charge in [0.25, 0.3) is 12.0 Å². The van der Waals surface area contributed by atoms with Crippen LogP contribution in [-0.4, -0.2) is 37.6 Å². The molecule has 7 nitrogen and oxygen atoms in total. The number of fused-ring (bicyclic) bond motifs is 1. The van der Waals surface area contributed by atoms with Crippen LogP contribution in [0.1, 0.15) is 42.5 Å². The van der Waals surface area contributed by atoms with Gasteiger partial charge in [0.2, 0.25) is 0 Å². The number of hydrogen-bond acceptors (Lipinski definition) is 5. The molecule has 1 atom stereocenters. The smallest absolute Gasteiger partial charge is 0.266 e. The van der Waals surface area contributed by atoms with Gasteiger partial charge >= 0.3 is 0 Å². The van der Waals surface area contributed by atoms with Gasteiger partial charge in [0, 0.05) is 36.7 Å². The van der Waals surface area contributed by atoms with Gasteiger partial charge in [0.1, 0.15) is 23.6 Å². The molecule has 1 aliphatic heterocycles. The van der Waals surface area contributed by atoms with Crippen molar-refractivity contribution in [3.63, 3.8) is 0 Å². The monoisotopic (exact) mass is 493 g/mol. The van der Waals surface area contributed by atoms with Crippen molar-refractivity contribution in [2.24, 2.45) is 11.4 Å². The van der Waals surface area contributed by atoms with Gasteiger partial charge < -0.3 is 9.87 Å². The first-order valence-electron chi connectivity index (χ1n) is 10.7. The van der Waals surface area contributed by atoms with E-state index in [-0.39, 0.29) is 11.1 Å². The van der Waals surface area contributed by atoms with Gasteiger partial charge in [0.05, 0.1) is 17.0 Å². The van der Waals surface area contributed by atoms with E-state index in [9.17, 15) is 22.5 Å². The Hall–Kier alpha value is -3.05. The molecule has 1 aliphatic rings. The average molecular weight is 494 g/mol. The summed E-state index contributed by atoms with van der Waals surface area (Å²) in [5, 5.41) is 3.62. The SMILES string of the molecule is CN=[SH]1(O)CC=C(c2cc3c(N[C@H](C)c4cccc(C(F)F)c4F)ncnc3n(C)c2=O)CC1. The molecule has 0 radical (unpaired) electrons. The molecule has 4 rings (SSSR count). The number of benzene rings is 1. The Morgan fingerprint density at radius 2 is 2.00 bits per heavy atom. The maximum absolute atomic E-state index is 14.7. The minimum absolute atomic E-state index is 0.0798. The summed E-state index contributed by atoms with van der Waals surface area (Å²) < 4.78 is 57.0. The Kier molecular flexibility index (Phi) is 6.59. The van der Waals surface area contributed by atoms with Gasteiger partial charge in [-0.2, -0.15) is 0 Å². The molecule has 34 heavy (non-hydrogen) atoms. The highest BCUT2D eigenvalue weighted by Crippen LogP contribution is 2.31. The molecule has 0 fully saturated rings. The molecule has 3 heterocycles. The van der Waals surface area contributed by atoms with Gasteiger partial charge in [-0.25, -0.2) is 23.1 Å². The van der Waals surface area contributed by atoms with Crippen LogP contribution in [-0.2, 0) is 17.2 Å². The van der Waals surface area contributed by atoms with E-state index in [2.05, 4.69) is 19.6 Å². The van der Waals surface area contributed by atoms with Crippen molar-refractivity contribution in [3.05, 3.63) is 69.5 Å². The predicted octanol–water partition coefficient (Wildman–Crippen LogP) is 4.54. The van der Waals surface area contributed by atoms with E-state index in [0.29, 0.717) is 40.3 Å². The van der Waals surface area contributed by atoms with Crippen LogP contribution in [0, 0.1) is 5.82 Å². The number of pyridine rings is 1. The van der Waals surface area contributed by atoms with E-state index in [0.717, 1.165) is 11.6 Å². The zero-order valence-corrected chi connectivity index (χ0v) is 19.9. The molecule has 0 bridgehead atoms. The van der Waals surface area contributed by atoms with E-state index in [1.54, 1.807) is 27.1 Å².